The molecule has 0 fully saturated rings. The van der Waals surface area contributed by atoms with E-state index in [1.165, 1.54) is 9.13 Å². The Morgan fingerprint density at radius 3 is 2.69 bits per heavy atom. The van der Waals surface area contributed by atoms with Crippen molar-refractivity contribution in [2.75, 3.05) is 0 Å². The quantitative estimate of drug-likeness (QED) is 0.568. The number of hydrogen-bond donors (Lipinski definition) is 0. The van der Waals surface area contributed by atoms with Gasteiger partial charge in [-0.25, -0.2) is 0 Å². The van der Waals surface area contributed by atoms with Crippen molar-refractivity contribution in [2.24, 2.45) is 0 Å². The topological polar surface area (TPSA) is 17.1 Å². The zero-order valence-electron chi connectivity index (χ0n) is 8.13. The molecule has 0 spiro atoms. The summed E-state index contributed by atoms with van der Waals surface area (Å²) in [6.45, 7) is 0. The van der Waals surface area contributed by atoms with Crippen LogP contribution in [0.2, 0.25) is 0 Å². The van der Waals surface area contributed by atoms with Crippen molar-refractivity contribution in [1.82, 2.24) is 0 Å². The molecule has 2 aliphatic carbocycles. The summed E-state index contributed by atoms with van der Waals surface area (Å²) in [5.74, 6) is 0.113. The molecular weight excluding hydrogens is 426 g/mol. The van der Waals surface area contributed by atoms with Crippen LogP contribution in [0.25, 0.3) is 11.6 Å². The summed E-state index contributed by atoms with van der Waals surface area (Å²) >= 11 is 4.62. The van der Waals surface area contributed by atoms with Crippen molar-refractivity contribution in [3.05, 3.63) is 54.2 Å². The fraction of sp³-hybridized carbons (Fsp3) is 0. The van der Waals surface area contributed by atoms with Gasteiger partial charge in [0.15, 0.2) is 5.78 Å². The molecule has 1 aromatic rings. The molecule has 0 unspecified atom stereocenters. The van der Waals surface area contributed by atoms with Crippen LogP contribution in [0.1, 0.15) is 11.1 Å². The maximum atomic E-state index is 11.8. The molecule has 0 aliphatic heterocycles. The van der Waals surface area contributed by atoms with Gasteiger partial charge in [0.25, 0.3) is 0 Å². The van der Waals surface area contributed by atoms with Crippen molar-refractivity contribution in [1.29, 1.82) is 0 Å². The third kappa shape index (κ3) is 1.44. The summed E-state index contributed by atoms with van der Waals surface area (Å²) in [6, 6.07) is 6.17. The van der Waals surface area contributed by atoms with Crippen LogP contribution < -0.4 is 0 Å². The number of ketones is 1. The number of halogens is 2. The maximum Gasteiger partial charge on any atom is 0.186 e. The maximum absolute atomic E-state index is 11.8. The molecule has 0 amide bonds. The first-order valence-corrected chi connectivity index (χ1v) is 6.97. The molecule has 0 N–H and O–H groups in total. The predicted molar refractivity (Wildman–Crippen MR) is 82.2 cm³/mol. The number of carbonyl (C=O) groups is 1. The minimum Gasteiger partial charge on any atom is -0.289 e. The molecule has 0 radical (unpaired) electrons. The Kier molecular flexibility index (Phi) is 2.54. The third-order valence-corrected chi connectivity index (χ3v) is 4.55. The lowest BCUT2D eigenvalue weighted by Gasteiger charge is -2.12. The molecule has 0 atom stereocenters. The molecule has 0 saturated carbocycles. The second-order valence-corrected chi connectivity index (χ2v) is 6.01. The monoisotopic (exact) mass is 432 g/mol. The highest BCUT2D eigenvalue weighted by Crippen LogP contribution is 2.44. The highest BCUT2D eigenvalue weighted by Gasteiger charge is 2.28. The first-order chi connectivity index (χ1) is 7.68. The predicted octanol–water partition coefficient (Wildman–Crippen LogP) is 3.97. The van der Waals surface area contributed by atoms with E-state index < -0.39 is 0 Å². The van der Waals surface area contributed by atoms with E-state index in [2.05, 4.69) is 57.3 Å². The van der Waals surface area contributed by atoms with Gasteiger partial charge in [0.2, 0.25) is 0 Å². The van der Waals surface area contributed by atoms with Gasteiger partial charge in [-0.1, -0.05) is 12.1 Å². The average Bonchev–Trinajstić information content (AvgIpc) is 2.65. The van der Waals surface area contributed by atoms with E-state index in [-0.39, 0.29) is 5.78 Å². The molecule has 1 nitrogen and oxygen atoms in total. The van der Waals surface area contributed by atoms with Crippen molar-refractivity contribution in [2.45, 2.75) is 0 Å². The lowest BCUT2D eigenvalue weighted by atomic mass is 9.96. The summed E-state index contributed by atoms with van der Waals surface area (Å²) in [6.07, 6.45) is 5.54. The Morgan fingerprint density at radius 1 is 1.06 bits per heavy atom. The largest absolute Gasteiger partial charge is 0.289 e. The Hall–Kier alpha value is -0.430. The van der Waals surface area contributed by atoms with Crippen LogP contribution in [-0.4, -0.2) is 5.78 Å². The lowest BCUT2D eigenvalue weighted by Crippen LogP contribution is -2.03. The number of carbonyl (C=O) groups excluding carboxylic acids is 1. The molecule has 1 aromatic carbocycles. The zero-order valence-corrected chi connectivity index (χ0v) is 12.4. The van der Waals surface area contributed by atoms with Gasteiger partial charge in [-0.3, -0.25) is 4.79 Å². The molecular formula is C13H6I2O. The van der Waals surface area contributed by atoms with Crippen molar-refractivity contribution < 1.29 is 4.79 Å². The highest BCUT2D eigenvalue weighted by atomic mass is 127. The van der Waals surface area contributed by atoms with E-state index in [9.17, 15) is 4.79 Å². The van der Waals surface area contributed by atoms with Crippen LogP contribution in [0.4, 0.5) is 0 Å². The van der Waals surface area contributed by atoms with E-state index in [4.69, 9.17) is 0 Å². The van der Waals surface area contributed by atoms with Crippen LogP contribution in [0.5, 0.6) is 0 Å². The number of benzene rings is 1. The van der Waals surface area contributed by atoms with Gasteiger partial charge in [-0.15, -0.1) is 0 Å². The summed E-state index contributed by atoms with van der Waals surface area (Å²) in [7, 11) is 0. The average molecular weight is 432 g/mol. The molecule has 3 heteroatoms. The molecule has 0 aromatic heterocycles. The summed E-state index contributed by atoms with van der Waals surface area (Å²) in [4.78, 5) is 11.8. The van der Waals surface area contributed by atoms with Crippen LogP contribution in [-0.2, 0) is 4.79 Å². The molecule has 0 bridgehead atoms. The number of hydrogen-bond acceptors (Lipinski definition) is 1. The summed E-state index contributed by atoms with van der Waals surface area (Å²) in [5, 5.41) is 0. The van der Waals surface area contributed by atoms with Gasteiger partial charge in [0.1, 0.15) is 0 Å². The van der Waals surface area contributed by atoms with Gasteiger partial charge < -0.3 is 0 Å². The van der Waals surface area contributed by atoms with Gasteiger partial charge >= 0.3 is 0 Å². The minimum absolute atomic E-state index is 0.113. The molecule has 16 heavy (non-hydrogen) atoms. The molecule has 0 heterocycles. The smallest absolute Gasteiger partial charge is 0.186 e. The summed E-state index contributed by atoms with van der Waals surface area (Å²) < 4.78 is 2.35. The fourth-order valence-corrected chi connectivity index (χ4v) is 3.58. The Labute approximate surface area is 121 Å². The standard InChI is InChI=1S/C13H6I2O/c14-9-3-1-2-7-6-8-11(16)5-4-10(15)13(8)12(7)9/h1-6H. The van der Waals surface area contributed by atoms with E-state index in [1.54, 1.807) is 6.08 Å². The minimum atomic E-state index is 0.113. The molecule has 2 aliphatic rings. The van der Waals surface area contributed by atoms with Crippen molar-refractivity contribution in [3.8, 4) is 0 Å². The van der Waals surface area contributed by atoms with Crippen LogP contribution in [0.15, 0.2) is 39.5 Å². The van der Waals surface area contributed by atoms with Crippen LogP contribution in [0, 0.1) is 3.57 Å². The van der Waals surface area contributed by atoms with E-state index >= 15 is 0 Å². The zero-order chi connectivity index (χ0) is 11.3. The van der Waals surface area contributed by atoms with Gasteiger partial charge in [0, 0.05) is 23.9 Å². The molecule has 78 valence electrons. The highest BCUT2D eigenvalue weighted by molar-refractivity contribution is 14.1. The van der Waals surface area contributed by atoms with Crippen molar-refractivity contribution >= 4 is 62.6 Å². The second kappa shape index (κ2) is 3.80. The van der Waals surface area contributed by atoms with E-state index in [0.717, 1.165) is 20.3 Å². The van der Waals surface area contributed by atoms with E-state index in [1.807, 2.05) is 18.2 Å². The Bertz CT molecular complexity index is 606. The number of fused-ring (bicyclic) bond motifs is 3. The van der Waals surface area contributed by atoms with Gasteiger partial charge in [-0.2, -0.15) is 0 Å². The molecule has 0 saturated heterocycles. The second-order valence-electron chi connectivity index (χ2n) is 3.68. The van der Waals surface area contributed by atoms with E-state index in [0.29, 0.717) is 0 Å². The van der Waals surface area contributed by atoms with Crippen LogP contribution >= 0.6 is 45.2 Å². The number of allylic oxidation sites excluding steroid dienone is 5. The molecule has 3 rings (SSSR count). The fourth-order valence-electron chi connectivity index (χ4n) is 2.05. The Morgan fingerprint density at radius 2 is 1.88 bits per heavy atom. The van der Waals surface area contributed by atoms with Gasteiger partial charge in [-0.05, 0) is 75.0 Å². The third-order valence-electron chi connectivity index (χ3n) is 2.75. The van der Waals surface area contributed by atoms with Crippen LogP contribution in [0.3, 0.4) is 0 Å². The Balaban J connectivity index is 2.37. The number of rotatable bonds is 0. The van der Waals surface area contributed by atoms with Crippen molar-refractivity contribution in [3.63, 3.8) is 0 Å². The normalized spacial score (nSPS) is 17.4. The van der Waals surface area contributed by atoms with Gasteiger partial charge in [0.05, 0.1) is 0 Å². The lowest BCUT2D eigenvalue weighted by molar-refractivity contribution is -0.110. The summed E-state index contributed by atoms with van der Waals surface area (Å²) in [5.41, 5.74) is 4.31. The first kappa shape index (κ1) is 10.7. The SMILES string of the molecule is O=C1C=CC(I)=C2C1=Cc1cccc(I)c12. The first-order valence-electron chi connectivity index (χ1n) is 4.81.